The molecule has 0 spiro atoms. The Balaban J connectivity index is 2.07. The first-order chi connectivity index (χ1) is 12.5. The van der Waals surface area contributed by atoms with Crippen molar-refractivity contribution in [1.29, 1.82) is 0 Å². The zero-order valence-electron chi connectivity index (χ0n) is 14.5. The fourth-order valence-corrected chi connectivity index (χ4v) is 2.21. The molecule has 0 atom stereocenters. The normalized spacial score (nSPS) is 9.88. The highest BCUT2D eigenvalue weighted by molar-refractivity contribution is 6.08. The predicted octanol–water partition coefficient (Wildman–Crippen LogP) is 2.92. The van der Waals surface area contributed by atoms with E-state index in [1.807, 2.05) is 0 Å². The highest BCUT2D eigenvalue weighted by Crippen LogP contribution is 2.17. The lowest BCUT2D eigenvalue weighted by Crippen LogP contribution is -2.20. The van der Waals surface area contributed by atoms with E-state index in [-0.39, 0.29) is 18.4 Å². The Kier molecular flexibility index (Phi) is 6.68. The van der Waals surface area contributed by atoms with Gasteiger partial charge in [0, 0.05) is 12.1 Å². The number of nitrogens with one attached hydrogen (secondary N) is 2. The van der Waals surface area contributed by atoms with E-state index in [0.29, 0.717) is 23.4 Å². The average Bonchev–Trinajstić information content (AvgIpc) is 2.67. The minimum absolute atomic E-state index is 0.255. The maximum absolute atomic E-state index is 12.4. The molecule has 2 aromatic rings. The molecule has 2 N–H and O–H groups in total. The molecule has 134 valence electrons. The van der Waals surface area contributed by atoms with Crippen molar-refractivity contribution in [2.45, 2.75) is 13.5 Å². The Hall–Kier alpha value is -3.41. The SMILES string of the molecule is C=CC(=O)NCc1ccc(C(=O)Nc2ccccc2C(=O)OCC)cc1. The molecule has 0 aliphatic heterocycles. The lowest BCUT2D eigenvalue weighted by molar-refractivity contribution is -0.116. The first-order valence-electron chi connectivity index (χ1n) is 8.12. The quantitative estimate of drug-likeness (QED) is 0.593. The largest absolute Gasteiger partial charge is 0.462 e. The summed E-state index contributed by atoms with van der Waals surface area (Å²) < 4.78 is 5.00. The van der Waals surface area contributed by atoms with Crippen LogP contribution >= 0.6 is 0 Å². The van der Waals surface area contributed by atoms with Crippen molar-refractivity contribution in [3.8, 4) is 0 Å². The highest BCUT2D eigenvalue weighted by Gasteiger charge is 2.14. The van der Waals surface area contributed by atoms with Crippen molar-refractivity contribution in [1.82, 2.24) is 5.32 Å². The van der Waals surface area contributed by atoms with Crippen LogP contribution in [0.15, 0.2) is 61.2 Å². The predicted molar refractivity (Wildman–Crippen MR) is 98.8 cm³/mol. The number of carbonyl (C=O) groups excluding carboxylic acids is 3. The van der Waals surface area contributed by atoms with Crippen LogP contribution in [0.3, 0.4) is 0 Å². The number of para-hydroxylation sites is 1. The van der Waals surface area contributed by atoms with E-state index in [0.717, 1.165) is 5.56 Å². The summed E-state index contributed by atoms with van der Waals surface area (Å²) >= 11 is 0. The summed E-state index contributed by atoms with van der Waals surface area (Å²) in [5.41, 5.74) is 1.97. The van der Waals surface area contributed by atoms with Crippen molar-refractivity contribution >= 4 is 23.5 Å². The summed E-state index contributed by atoms with van der Waals surface area (Å²) in [4.78, 5) is 35.6. The molecule has 0 heterocycles. The standard InChI is InChI=1S/C20H20N2O4/c1-3-18(23)21-13-14-9-11-15(12-10-14)19(24)22-17-8-6-5-7-16(17)20(25)26-4-2/h3,5-12H,1,4,13H2,2H3,(H,21,23)(H,22,24). The topological polar surface area (TPSA) is 84.5 Å². The van der Waals surface area contributed by atoms with Gasteiger partial charge >= 0.3 is 5.97 Å². The summed E-state index contributed by atoms with van der Waals surface area (Å²) in [6.07, 6.45) is 1.20. The molecule has 2 rings (SSSR count). The second kappa shape index (κ2) is 9.17. The van der Waals surface area contributed by atoms with Crippen LogP contribution in [0, 0.1) is 0 Å². The first-order valence-corrected chi connectivity index (χ1v) is 8.12. The maximum atomic E-state index is 12.4. The molecule has 0 aromatic heterocycles. The number of amides is 2. The molecule has 0 saturated carbocycles. The minimum atomic E-state index is -0.489. The fourth-order valence-electron chi connectivity index (χ4n) is 2.21. The third kappa shape index (κ3) is 5.04. The van der Waals surface area contributed by atoms with Crippen LogP contribution in [-0.4, -0.2) is 24.4 Å². The molecule has 0 aliphatic carbocycles. The van der Waals surface area contributed by atoms with Crippen molar-refractivity contribution in [2.75, 3.05) is 11.9 Å². The van der Waals surface area contributed by atoms with Crippen molar-refractivity contribution in [3.63, 3.8) is 0 Å². The average molecular weight is 352 g/mol. The van der Waals surface area contributed by atoms with Gasteiger partial charge in [0.15, 0.2) is 0 Å². The number of carbonyl (C=O) groups is 3. The van der Waals surface area contributed by atoms with E-state index in [4.69, 9.17) is 4.74 Å². The minimum Gasteiger partial charge on any atom is -0.462 e. The van der Waals surface area contributed by atoms with E-state index in [9.17, 15) is 14.4 Å². The number of rotatable bonds is 7. The number of hydrogen-bond donors (Lipinski definition) is 2. The molecular formula is C20H20N2O4. The second-order valence-corrected chi connectivity index (χ2v) is 5.34. The van der Waals surface area contributed by atoms with Crippen LogP contribution in [0.25, 0.3) is 0 Å². The molecule has 0 unspecified atom stereocenters. The maximum Gasteiger partial charge on any atom is 0.340 e. The molecule has 0 bridgehead atoms. The Morgan fingerprint density at radius 1 is 1.08 bits per heavy atom. The van der Waals surface area contributed by atoms with Gasteiger partial charge in [-0.25, -0.2) is 4.79 Å². The Bertz CT molecular complexity index is 813. The molecule has 2 amide bonds. The smallest absolute Gasteiger partial charge is 0.340 e. The lowest BCUT2D eigenvalue weighted by Gasteiger charge is -2.10. The Labute approximate surface area is 151 Å². The van der Waals surface area contributed by atoms with E-state index in [2.05, 4.69) is 17.2 Å². The Morgan fingerprint density at radius 2 is 1.77 bits per heavy atom. The molecular weight excluding hydrogens is 332 g/mol. The molecule has 26 heavy (non-hydrogen) atoms. The van der Waals surface area contributed by atoms with Gasteiger partial charge in [-0.1, -0.05) is 30.8 Å². The van der Waals surface area contributed by atoms with Gasteiger partial charge in [-0.3, -0.25) is 9.59 Å². The summed E-state index contributed by atoms with van der Waals surface area (Å²) in [6, 6.07) is 13.5. The number of ether oxygens (including phenoxy) is 1. The molecule has 0 radical (unpaired) electrons. The van der Waals surface area contributed by atoms with Crippen molar-refractivity contribution in [3.05, 3.63) is 77.9 Å². The monoisotopic (exact) mass is 352 g/mol. The summed E-state index contributed by atoms with van der Waals surface area (Å²) in [5.74, 6) is -1.09. The summed E-state index contributed by atoms with van der Waals surface area (Å²) in [6.45, 7) is 5.70. The van der Waals surface area contributed by atoms with Crippen LogP contribution in [0.2, 0.25) is 0 Å². The summed E-state index contributed by atoms with van der Waals surface area (Å²) in [7, 11) is 0. The molecule has 2 aromatic carbocycles. The zero-order valence-corrected chi connectivity index (χ0v) is 14.5. The van der Waals surface area contributed by atoms with Gasteiger partial charge in [0.1, 0.15) is 0 Å². The molecule has 0 saturated heterocycles. The molecule has 0 aliphatic rings. The van der Waals surface area contributed by atoms with Gasteiger partial charge in [0.05, 0.1) is 17.9 Å². The zero-order chi connectivity index (χ0) is 18.9. The van der Waals surface area contributed by atoms with E-state index >= 15 is 0 Å². The first kappa shape index (κ1) is 18.9. The van der Waals surface area contributed by atoms with Crippen LogP contribution in [-0.2, 0) is 16.1 Å². The van der Waals surface area contributed by atoms with Crippen LogP contribution in [0.5, 0.6) is 0 Å². The van der Waals surface area contributed by atoms with E-state index < -0.39 is 5.97 Å². The van der Waals surface area contributed by atoms with Crippen molar-refractivity contribution < 1.29 is 19.1 Å². The van der Waals surface area contributed by atoms with E-state index in [1.54, 1.807) is 55.5 Å². The molecule has 0 fully saturated rings. The van der Waals surface area contributed by atoms with Crippen molar-refractivity contribution in [2.24, 2.45) is 0 Å². The van der Waals surface area contributed by atoms with Crippen LogP contribution in [0.4, 0.5) is 5.69 Å². The van der Waals surface area contributed by atoms with Gasteiger partial charge in [0.2, 0.25) is 5.91 Å². The van der Waals surface area contributed by atoms with Gasteiger partial charge < -0.3 is 15.4 Å². The number of anilines is 1. The number of hydrogen-bond acceptors (Lipinski definition) is 4. The fraction of sp³-hybridized carbons (Fsp3) is 0.150. The number of esters is 1. The van der Waals surface area contributed by atoms with Crippen LogP contribution < -0.4 is 10.6 Å². The van der Waals surface area contributed by atoms with Gasteiger partial charge in [-0.2, -0.15) is 0 Å². The Morgan fingerprint density at radius 3 is 2.42 bits per heavy atom. The van der Waals surface area contributed by atoms with E-state index in [1.165, 1.54) is 6.08 Å². The van der Waals surface area contributed by atoms with Crippen LogP contribution in [0.1, 0.15) is 33.2 Å². The van der Waals surface area contributed by atoms with Gasteiger partial charge in [-0.15, -0.1) is 0 Å². The number of benzene rings is 2. The lowest BCUT2D eigenvalue weighted by atomic mass is 10.1. The summed E-state index contributed by atoms with van der Waals surface area (Å²) in [5, 5.41) is 5.38. The van der Waals surface area contributed by atoms with Gasteiger partial charge in [-0.05, 0) is 42.8 Å². The molecule has 6 nitrogen and oxygen atoms in total. The second-order valence-electron chi connectivity index (χ2n) is 5.34. The molecule has 6 heteroatoms. The van der Waals surface area contributed by atoms with Gasteiger partial charge in [0.25, 0.3) is 5.91 Å². The third-order valence-corrected chi connectivity index (χ3v) is 3.54. The third-order valence-electron chi connectivity index (χ3n) is 3.54. The highest BCUT2D eigenvalue weighted by atomic mass is 16.5.